The van der Waals surface area contributed by atoms with Crippen LogP contribution in [0.2, 0.25) is 0 Å². The fourth-order valence-electron chi connectivity index (χ4n) is 2.67. The lowest BCUT2D eigenvalue weighted by Crippen LogP contribution is -2.32. The molecule has 0 unspecified atom stereocenters. The van der Waals surface area contributed by atoms with Crippen molar-refractivity contribution in [2.45, 2.75) is 38.6 Å². The molecule has 2 heterocycles. The van der Waals surface area contributed by atoms with Crippen LogP contribution in [0, 0.1) is 6.92 Å². The fraction of sp³-hybridized carbons (Fsp3) is 0.667. The third-order valence-electron chi connectivity index (χ3n) is 3.83. The summed E-state index contributed by atoms with van der Waals surface area (Å²) in [6.45, 7) is 7.06. The van der Waals surface area contributed by atoms with Crippen molar-refractivity contribution in [1.29, 1.82) is 0 Å². The van der Waals surface area contributed by atoms with E-state index in [4.69, 9.17) is 9.72 Å². The highest BCUT2D eigenvalue weighted by atomic mass is 16.5. The van der Waals surface area contributed by atoms with Gasteiger partial charge in [0.1, 0.15) is 0 Å². The van der Waals surface area contributed by atoms with Crippen LogP contribution in [0.5, 0.6) is 0 Å². The Balaban J connectivity index is 2.35. The first-order chi connectivity index (χ1) is 8.51. The van der Waals surface area contributed by atoms with Gasteiger partial charge in [-0.15, -0.1) is 0 Å². The largest absolute Gasteiger partial charge is 0.381 e. The molecule has 1 aromatic heterocycles. The van der Waals surface area contributed by atoms with E-state index in [2.05, 4.69) is 45.0 Å². The van der Waals surface area contributed by atoms with Gasteiger partial charge in [-0.25, -0.2) is 0 Å². The molecule has 18 heavy (non-hydrogen) atoms. The van der Waals surface area contributed by atoms with Crippen molar-refractivity contribution in [3.63, 3.8) is 0 Å². The first kappa shape index (κ1) is 13.5. The smallest absolute Gasteiger partial charge is 0.0584 e. The van der Waals surface area contributed by atoms with E-state index in [0.29, 0.717) is 0 Å². The zero-order valence-corrected chi connectivity index (χ0v) is 12.0. The minimum absolute atomic E-state index is 0.226. The van der Waals surface area contributed by atoms with Crippen LogP contribution in [0.1, 0.15) is 36.7 Å². The Morgan fingerprint density at radius 2 is 1.94 bits per heavy atom. The van der Waals surface area contributed by atoms with Gasteiger partial charge >= 0.3 is 0 Å². The molecular formula is C15H24N2O. The van der Waals surface area contributed by atoms with Crippen molar-refractivity contribution >= 4 is 0 Å². The second-order valence-corrected chi connectivity index (χ2v) is 5.86. The number of aromatic nitrogens is 1. The first-order valence-electron chi connectivity index (χ1n) is 6.71. The molecule has 1 saturated heterocycles. The predicted octanol–water partition coefficient (Wildman–Crippen LogP) is 2.52. The molecule has 0 aromatic carbocycles. The van der Waals surface area contributed by atoms with E-state index in [9.17, 15) is 0 Å². The molecule has 0 radical (unpaired) electrons. The molecule has 0 atom stereocenters. The summed E-state index contributed by atoms with van der Waals surface area (Å²) >= 11 is 0. The quantitative estimate of drug-likeness (QED) is 0.822. The minimum atomic E-state index is 0.226. The van der Waals surface area contributed by atoms with Gasteiger partial charge in [-0.05, 0) is 50.9 Å². The van der Waals surface area contributed by atoms with Crippen molar-refractivity contribution in [1.82, 2.24) is 9.88 Å². The Labute approximate surface area is 110 Å². The number of hydrogen-bond donors (Lipinski definition) is 0. The lowest BCUT2D eigenvalue weighted by molar-refractivity contribution is 0.0558. The number of aryl methyl sites for hydroxylation is 1. The maximum atomic E-state index is 5.50. The van der Waals surface area contributed by atoms with Gasteiger partial charge in [0.2, 0.25) is 0 Å². The molecule has 2 rings (SSSR count). The molecule has 1 aliphatic rings. The van der Waals surface area contributed by atoms with Crippen LogP contribution in [-0.2, 0) is 16.7 Å². The second-order valence-electron chi connectivity index (χ2n) is 5.86. The number of hydrogen-bond acceptors (Lipinski definition) is 3. The fourth-order valence-corrected chi connectivity index (χ4v) is 2.67. The highest BCUT2D eigenvalue weighted by Crippen LogP contribution is 2.36. The predicted molar refractivity (Wildman–Crippen MR) is 73.8 cm³/mol. The average molecular weight is 248 g/mol. The van der Waals surface area contributed by atoms with Crippen molar-refractivity contribution in [3.05, 3.63) is 29.1 Å². The van der Waals surface area contributed by atoms with Crippen LogP contribution in [0.4, 0.5) is 0 Å². The molecule has 3 nitrogen and oxygen atoms in total. The third kappa shape index (κ3) is 2.90. The van der Waals surface area contributed by atoms with Gasteiger partial charge in [0.05, 0.1) is 5.69 Å². The maximum Gasteiger partial charge on any atom is 0.0584 e. The zero-order valence-electron chi connectivity index (χ0n) is 12.0. The third-order valence-corrected chi connectivity index (χ3v) is 3.83. The van der Waals surface area contributed by atoms with Crippen molar-refractivity contribution in [2.24, 2.45) is 0 Å². The molecule has 0 amide bonds. The van der Waals surface area contributed by atoms with E-state index < -0.39 is 0 Å². The summed E-state index contributed by atoms with van der Waals surface area (Å²) in [5.41, 5.74) is 3.96. The number of nitrogens with zero attached hydrogens (tertiary/aromatic N) is 2. The molecule has 0 spiro atoms. The molecule has 1 fully saturated rings. The maximum absolute atomic E-state index is 5.50. The Hall–Kier alpha value is -0.930. The van der Waals surface area contributed by atoms with Gasteiger partial charge in [0, 0.05) is 25.5 Å². The van der Waals surface area contributed by atoms with E-state index in [1.165, 1.54) is 11.3 Å². The number of pyridine rings is 1. The van der Waals surface area contributed by atoms with Crippen LogP contribution in [0.15, 0.2) is 12.1 Å². The molecule has 3 heteroatoms. The topological polar surface area (TPSA) is 25.4 Å². The highest BCUT2D eigenvalue weighted by molar-refractivity contribution is 5.31. The molecule has 0 saturated carbocycles. The molecular weight excluding hydrogens is 224 g/mol. The van der Waals surface area contributed by atoms with Crippen LogP contribution in [0.3, 0.4) is 0 Å². The average Bonchev–Trinajstić information content (AvgIpc) is 2.28. The number of rotatable bonds is 3. The van der Waals surface area contributed by atoms with Gasteiger partial charge in [-0.1, -0.05) is 13.0 Å². The van der Waals surface area contributed by atoms with Crippen molar-refractivity contribution < 1.29 is 4.74 Å². The minimum Gasteiger partial charge on any atom is -0.381 e. The van der Waals surface area contributed by atoms with Crippen LogP contribution >= 0.6 is 0 Å². The monoisotopic (exact) mass is 248 g/mol. The lowest BCUT2D eigenvalue weighted by Gasteiger charge is -2.35. The second kappa shape index (κ2) is 5.37. The van der Waals surface area contributed by atoms with Gasteiger partial charge in [0.25, 0.3) is 0 Å². The summed E-state index contributed by atoms with van der Waals surface area (Å²) in [4.78, 5) is 6.94. The Bertz CT molecular complexity index is 409. The summed E-state index contributed by atoms with van der Waals surface area (Å²) in [6.07, 6.45) is 2.19. The van der Waals surface area contributed by atoms with E-state index in [1.54, 1.807) is 0 Å². The molecule has 0 N–H and O–H groups in total. The molecule has 0 bridgehead atoms. The molecule has 100 valence electrons. The summed E-state index contributed by atoms with van der Waals surface area (Å²) in [7, 11) is 4.19. The SMILES string of the molecule is Cc1ccc(C2(C)CCOCC2)c(CN(C)C)n1. The molecule has 0 aliphatic carbocycles. The van der Waals surface area contributed by atoms with E-state index in [-0.39, 0.29) is 5.41 Å². The molecule has 1 aromatic rings. The van der Waals surface area contributed by atoms with Gasteiger partial charge in [-0.2, -0.15) is 0 Å². The Morgan fingerprint density at radius 1 is 1.28 bits per heavy atom. The molecule has 1 aliphatic heterocycles. The number of ether oxygens (including phenoxy) is 1. The van der Waals surface area contributed by atoms with E-state index in [0.717, 1.165) is 38.3 Å². The summed E-state index contributed by atoms with van der Waals surface area (Å²) in [5, 5.41) is 0. The summed E-state index contributed by atoms with van der Waals surface area (Å²) < 4.78 is 5.50. The van der Waals surface area contributed by atoms with Gasteiger partial charge < -0.3 is 9.64 Å². The standard InChI is InChI=1S/C15H24N2O/c1-12-5-6-13(14(16-12)11-17(3)4)15(2)7-9-18-10-8-15/h5-6H,7-11H2,1-4H3. The highest BCUT2D eigenvalue weighted by Gasteiger charge is 2.31. The Morgan fingerprint density at radius 3 is 2.56 bits per heavy atom. The van der Waals surface area contributed by atoms with Crippen molar-refractivity contribution in [3.8, 4) is 0 Å². The van der Waals surface area contributed by atoms with Gasteiger partial charge in [0.15, 0.2) is 0 Å². The van der Waals surface area contributed by atoms with Crippen LogP contribution < -0.4 is 0 Å². The Kier molecular flexibility index (Phi) is 4.03. The summed E-state index contributed by atoms with van der Waals surface area (Å²) in [5.74, 6) is 0. The van der Waals surface area contributed by atoms with Crippen LogP contribution in [0.25, 0.3) is 0 Å². The zero-order chi connectivity index (χ0) is 13.2. The van der Waals surface area contributed by atoms with E-state index in [1.807, 2.05) is 0 Å². The lowest BCUT2D eigenvalue weighted by atomic mass is 9.75. The van der Waals surface area contributed by atoms with Crippen molar-refractivity contribution in [2.75, 3.05) is 27.3 Å². The van der Waals surface area contributed by atoms with Gasteiger partial charge in [-0.3, -0.25) is 4.98 Å². The van der Waals surface area contributed by atoms with Crippen LogP contribution in [-0.4, -0.2) is 37.2 Å². The first-order valence-corrected chi connectivity index (χ1v) is 6.71. The van der Waals surface area contributed by atoms with E-state index >= 15 is 0 Å². The normalized spacial score (nSPS) is 19.2. The summed E-state index contributed by atoms with van der Waals surface area (Å²) in [6, 6.07) is 4.40.